The number of nitrogens with zero attached hydrogens (tertiary/aromatic N) is 2. The number of rotatable bonds is 9. The molecule has 1 fully saturated rings. The first-order valence-electron chi connectivity index (χ1n) is 11.5. The summed E-state index contributed by atoms with van der Waals surface area (Å²) < 4.78 is 96.6. The second-order valence-electron chi connectivity index (χ2n) is 8.82. The van der Waals surface area contributed by atoms with Crippen molar-refractivity contribution in [3.63, 3.8) is 0 Å². The lowest BCUT2D eigenvalue weighted by atomic mass is 9.91. The molecule has 1 heterocycles. The van der Waals surface area contributed by atoms with Crippen LogP contribution in [0.1, 0.15) is 42.8 Å². The summed E-state index contributed by atoms with van der Waals surface area (Å²) in [4.78, 5) is 8.73. The van der Waals surface area contributed by atoms with Gasteiger partial charge in [-0.3, -0.25) is 0 Å². The number of halogens is 6. The van der Waals surface area contributed by atoms with Crippen molar-refractivity contribution in [3.05, 3.63) is 53.1 Å². The van der Waals surface area contributed by atoms with Crippen molar-refractivity contribution in [1.82, 2.24) is 9.97 Å². The summed E-state index contributed by atoms with van der Waals surface area (Å²) in [5.41, 5.74) is -1.07. The van der Waals surface area contributed by atoms with Gasteiger partial charge in [0.15, 0.2) is 11.5 Å². The Hall–Kier alpha value is -3.28. The van der Waals surface area contributed by atoms with Gasteiger partial charge in [0.1, 0.15) is 24.1 Å². The van der Waals surface area contributed by atoms with Crippen molar-refractivity contribution < 1.29 is 40.6 Å². The summed E-state index contributed by atoms with van der Waals surface area (Å²) in [7, 11) is 1.44. The van der Waals surface area contributed by atoms with Crippen LogP contribution in [0.5, 0.6) is 11.5 Å². The molecule has 1 atom stereocenters. The molecule has 200 valence electrons. The van der Waals surface area contributed by atoms with Gasteiger partial charge in [-0.2, -0.15) is 13.2 Å². The van der Waals surface area contributed by atoms with E-state index in [0.29, 0.717) is 34.3 Å². The van der Waals surface area contributed by atoms with E-state index in [2.05, 4.69) is 15.3 Å². The average molecular weight is 529 g/mol. The number of hydrogen-bond acceptors (Lipinski definition) is 6. The molecule has 1 saturated carbocycles. The molecule has 1 N–H and O–H groups in total. The normalized spacial score (nSPS) is 16.4. The maximum absolute atomic E-state index is 14.7. The second kappa shape index (κ2) is 10.2. The fourth-order valence-electron chi connectivity index (χ4n) is 4.11. The molecule has 3 aromatic rings. The van der Waals surface area contributed by atoms with Gasteiger partial charge in [-0.1, -0.05) is 12.1 Å². The zero-order valence-electron chi connectivity index (χ0n) is 20.3. The van der Waals surface area contributed by atoms with E-state index in [1.54, 1.807) is 19.1 Å². The Morgan fingerprint density at radius 3 is 2.49 bits per heavy atom. The number of aromatic nitrogens is 2. The smallest absolute Gasteiger partial charge is 0.419 e. The first kappa shape index (κ1) is 26.8. The molecular formula is C25H25F6N3O3. The first-order chi connectivity index (χ1) is 17.4. The molecule has 1 aliphatic rings. The van der Waals surface area contributed by atoms with Crippen LogP contribution in [0.4, 0.5) is 32.2 Å². The van der Waals surface area contributed by atoms with E-state index >= 15 is 0 Å². The largest absolute Gasteiger partial charge is 0.493 e. The second-order valence-corrected chi connectivity index (χ2v) is 8.82. The number of ether oxygens (including phenoxy) is 3. The van der Waals surface area contributed by atoms with E-state index in [0.717, 1.165) is 6.07 Å². The predicted molar refractivity (Wildman–Crippen MR) is 124 cm³/mol. The summed E-state index contributed by atoms with van der Waals surface area (Å²) in [5.74, 6) is -2.77. The summed E-state index contributed by atoms with van der Waals surface area (Å²) in [6.45, 7) is 3.30. The number of aryl methyl sites for hydroxylation is 1. The minimum absolute atomic E-state index is 0.0608. The third-order valence-corrected chi connectivity index (χ3v) is 5.99. The van der Waals surface area contributed by atoms with Crippen LogP contribution in [0.25, 0.3) is 10.9 Å². The number of fused-ring (bicyclic) bond motifs is 1. The molecule has 0 amide bonds. The van der Waals surface area contributed by atoms with Gasteiger partial charge in [-0.25, -0.2) is 23.1 Å². The highest BCUT2D eigenvalue weighted by Gasteiger charge is 2.46. The number of nitrogens with one attached hydrogen (secondary N) is 1. The van der Waals surface area contributed by atoms with Crippen molar-refractivity contribution in [3.8, 4) is 11.5 Å². The molecule has 4 rings (SSSR count). The van der Waals surface area contributed by atoms with Gasteiger partial charge in [-0.05, 0) is 26.0 Å². The minimum Gasteiger partial charge on any atom is -0.493 e. The maximum atomic E-state index is 14.7. The standard InChI is InChI=1S/C25H25F6N3O3/c1-13(16-5-4-6-18(22(16)26)25(29,30)31)32-23-17-9-21(20(35-3)10-19(17)33-14(2)34-23)37-8-7-36-15-11-24(27,28)12-15/h4-6,9-10,13,15H,7-8,11-12H2,1-3H3,(H,32,33,34)/t13-/m1/s1. The van der Waals surface area contributed by atoms with Crippen molar-refractivity contribution >= 4 is 16.7 Å². The van der Waals surface area contributed by atoms with Gasteiger partial charge in [0, 0.05) is 29.9 Å². The third kappa shape index (κ3) is 6.00. The Balaban J connectivity index is 1.56. The van der Waals surface area contributed by atoms with Crippen LogP contribution in [0.2, 0.25) is 0 Å². The first-order valence-corrected chi connectivity index (χ1v) is 11.5. The summed E-state index contributed by atoms with van der Waals surface area (Å²) in [6.07, 6.45) is -5.97. The van der Waals surface area contributed by atoms with Crippen LogP contribution in [0.3, 0.4) is 0 Å². The molecule has 0 bridgehead atoms. The Bertz CT molecular complexity index is 1280. The van der Waals surface area contributed by atoms with Crippen molar-refractivity contribution in [2.45, 2.75) is 50.9 Å². The van der Waals surface area contributed by atoms with Crippen molar-refractivity contribution in [2.75, 3.05) is 25.6 Å². The Morgan fingerprint density at radius 1 is 1.11 bits per heavy atom. The monoisotopic (exact) mass is 529 g/mol. The molecule has 37 heavy (non-hydrogen) atoms. The van der Waals surface area contributed by atoms with Crippen LogP contribution in [0.15, 0.2) is 30.3 Å². The highest BCUT2D eigenvalue weighted by Crippen LogP contribution is 2.40. The molecule has 0 saturated heterocycles. The van der Waals surface area contributed by atoms with Crippen molar-refractivity contribution in [1.29, 1.82) is 0 Å². The van der Waals surface area contributed by atoms with Crippen LogP contribution in [-0.4, -0.2) is 42.3 Å². The maximum Gasteiger partial charge on any atom is 0.419 e. The van der Waals surface area contributed by atoms with Gasteiger partial charge in [0.25, 0.3) is 5.92 Å². The van der Waals surface area contributed by atoms with E-state index in [1.807, 2.05) is 0 Å². The zero-order chi connectivity index (χ0) is 27.0. The number of anilines is 1. The van der Waals surface area contributed by atoms with Gasteiger partial charge >= 0.3 is 6.18 Å². The van der Waals surface area contributed by atoms with Gasteiger partial charge in [-0.15, -0.1) is 0 Å². The van der Waals surface area contributed by atoms with Gasteiger partial charge < -0.3 is 19.5 Å². The van der Waals surface area contributed by atoms with Crippen LogP contribution in [-0.2, 0) is 10.9 Å². The van der Waals surface area contributed by atoms with E-state index in [4.69, 9.17) is 14.2 Å². The van der Waals surface area contributed by atoms with E-state index in [9.17, 15) is 26.3 Å². The number of methoxy groups -OCH3 is 1. The lowest BCUT2D eigenvalue weighted by Gasteiger charge is -2.34. The molecule has 1 aromatic heterocycles. The molecule has 2 aromatic carbocycles. The molecule has 0 radical (unpaired) electrons. The molecule has 6 nitrogen and oxygen atoms in total. The summed E-state index contributed by atoms with van der Waals surface area (Å²) in [5, 5.41) is 3.44. The highest BCUT2D eigenvalue weighted by atomic mass is 19.4. The molecule has 1 aliphatic carbocycles. The van der Waals surface area contributed by atoms with Crippen LogP contribution < -0.4 is 14.8 Å². The van der Waals surface area contributed by atoms with E-state index < -0.39 is 35.6 Å². The SMILES string of the molecule is COc1cc2nc(C)nc(N[C@H](C)c3cccc(C(F)(F)F)c3F)c2cc1OCCOC1CC(F)(F)C1. The lowest BCUT2D eigenvalue weighted by Crippen LogP contribution is -2.41. The lowest BCUT2D eigenvalue weighted by molar-refractivity contribution is -0.167. The fourth-order valence-corrected chi connectivity index (χ4v) is 4.11. The zero-order valence-corrected chi connectivity index (χ0v) is 20.3. The van der Waals surface area contributed by atoms with Crippen LogP contribution in [0, 0.1) is 12.7 Å². The van der Waals surface area contributed by atoms with E-state index in [-0.39, 0.29) is 37.4 Å². The highest BCUT2D eigenvalue weighted by molar-refractivity contribution is 5.92. The quantitative estimate of drug-likeness (QED) is 0.253. The Labute approximate surface area is 209 Å². The van der Waals surface area contributed by atoms with E-state index in [1.165, 1.54) is 20.1 Å². The number of alkyl halides is 5. The topological polar surface area (TPSA) is 65.5 Å². The van der Waals surface area contributed by atoms with Crippen molar-refractivity contribution in [2.24, 2.45) is 0 Å². The minimum atomic E-state index is -4.83. The van der Waals surface area contributed by atoms with Gasteiger partial charge in [0.05, 0.1) is 36.9 Å². The molecule has 0 spiro atoms. The number of hydrogen-bond donors (Lipinski definition) is 1. The van der Waals surface area contributed by atoms with Gasteiger partial charge in [0.2, 0.25) is 0 Å². The number of benzene rings is 2. The summed E-state index contributed by atoms with van der Waals surface area (Å²) in [6, 6.07) is 5.42. The third-order valence-electron chi connectivity index (χ3n) is 5.99. The van der Waals surface area contributed by atoms with Crippen LogP contribution >= 0.6 is 0 Å². The summed E-state index contributed by atoms with van der Waals surface area (Å²) >= 11 is 0. The molecule has 0 unspecified atom stereocenters. The Morgan fingerprint density at radius 2 is 1.84 bits per heavy atom. The molecular weight excluding hydrogens is 504 g/mol. The predicted octanol–water partition coefficient (Wildman–Crippen LogP) is 6.47. The molecule has 0 aliphatic heterocycles. The molecule has 12 heteroatoms. The Kier molecular flexibility index (Phi) is 7.40. The fraction of sp³-hybridized carbons (Fsp3) is 0.440. The average Bonchev–Trinajstić information content (AvgIpc) is 2.79.